The molecule has 0 aromatic carbocycles. The molecule has 0 aliphatic carbocycles. The number of alkyl carbamates (subject to hydrolysis) is 1. The molecule has 19 heavy (non-hydrogen) atoms. The molecule has 2 heterocycles. The number of carbonyl (C=O) groups is 1. The molecule has 0 saturated carbocycles. The molecule has 0 radical (unpaired) electrons. The van der Waals surface area contributed by atoms with Gasteiger partial charge in [0.15, 0.2) is 0 Å². The third-order valence-electron chi connectivity index (χ3n) is 2.18. The second kappa shape index (κ2) is 7.06. The average Bonchev–Trinajstić information content (AvgIpc) is 2.93. The second-order valence-electron chi connectivity index (χ2n) is 3.56. The van der Waals surface area contributed by atoms with Gasteiger partial charge < -0.3 is 10.1 Å². The van der Waals surface area contributed by atoms with Crippen molar-refractivity contribution in [3.8, 4) is 10.6 Å². The van der Waals surface area contributed by atoms with Crippen molar-refractivity contribution in [3.05, 3.63) is 35.6 Å². The van der Waals surface area contributed by atoms with Gasteiger partial charge in [0.2, 0.25) is 0 Å². The van der Waals surface area contributed by atoms with Crippen LogP contribution in [0.2, 0.25) is 0 Å². The quantitative estimate of drug-likeness (QED) is 0.862. The van der Waals surface area contributed by atoms with Gasteiger partial charge in [0, 0.05) is 23.3 Å². The Kier molecular flexibility index (Phi) is 5.11. The maximum atomic E-state index is 11.2. The number of nitrogens with one attached hydrogen (secondary N) is 1. The standard InChI is InChI=1S/C12H12ClN3O2S/c13-3-5-18-12(17)15-7-10-8-19-11(16-10)9-2-1-4-14-6-9/h1-2,4,6,8H,3,5,7H2,(H,15,17). The van der Waals surface area contributed by atoms with E-state index in [0.717, 1.165) is 16.3 Å². The first-order valence-corrected chi connectivity index (χ1v) is 7.02. The number of hydrogen-bond donors (Lipinski definition) is 1. The molecule has 0 bridgehead atoms. The van der Waals surface area contributed by atoms with Crippen molar-refractivity contribution in [3.63, 3.8) is 0 Å². The minimum Gasteiger partial charge on any atom is -0.448 e. The van der Waals surface area contributed by atoms with Gasteiger partial charge in [-0.2, -0.15) is 0 Å². The monoisotopic (exact) mass is 297 g/mol. The third-order valence-corrected chi connectivity index (χ3v) is 3.28. The lowest BCUT2D eigenvalue weighted by molar-refractivity contribution is 0.152. The molecule has 0 unspecified atom stereocenters. The molecule has 0 aliphatic heterocycles. The molecule has 0 saturated heterocycles. The molecule has 5 nitrogen and oxygen atoms in total. The summed E-state index contributed by atoms with van der Waals surface area (Å²) in [6.07, 6.45) is 2.98. The first-order valence-electron chi connectivity index (χ1n) is 5.61. The number of carbonyl (C=O) groups excluding carboxylic acids is 1. The highest BCUT2D eigenvalue weighted by Crippen LogP contribution is 2.22. The van der Waals surface area contributed by atoms with Crippen LogP contribution in [0.5, 0.6) is 0 Å². The highest BCUT2D eigenvalue weighted by molar-refractivity contribution is 7.13. The summed E-state index contributed by atoms with van der Waals surface area (Å²) in [5.41, 5.74) is 1.75. The largest absolute Gasteiger partial charge is 0.448 e. The summed E-state index contributed by atoms with van der Waals surface area (Å²) in [6.45, 7) is 0.531. The van der Waals surface area contributed by atoms with Crippen LogP contribution >= 0.6 is 22.9 Å². The molecule has 0 aliphatic rings. The maximum Gasteiger partial charge on any atom is 0.407 e. The van der Waals surface area contributed by atoms with Crippen LogP contribution in [0, 0.1) is 0 Å². The van der Waals surface area contributed by atoms with Gasteiger partial charge in [-0.05, 0) is 12.1 Å². The molecule has 100 valence electrons. The van der Waals surface area contributed by atoms with Gasteiger partial charge in [-0.3, -0.25) is 4.98 Å². The topological polar surface area (TPSA) is 64.1 Å². The minimum absolute atomic E-state index is 0.200. The Bertz CT molecular complexity index is 533. The number of thiazole rings is 1. The summed E-state index contributed by atoms with van der Waals surface area (Å²) in [5.74, 6) is 0.287. The van der Waals surface area contributed by atoms with E-state index < -0.39 is 6.09 Å². The number of pyridine rings is 1. The van der Waals surface area contributed by atoms with Crippen molar-refractivity contribution in [1.82, 2.24) is 15.3 Å². The van der Waals surface area contributed by atoms with E-state index in [1.807, 2.05) is 17.5 Å². The molecule has 2 rings (SSSR count). The Morgan fingerprint density at radius 1 is 1.53 bits per heavy atom. The number of halogens is 1. The van der Waals surface area contributed by atoms with Crippen LogP contribution in [-0.4, -0.2) is 28.5 Å². The van der Waals surface area contributed by atoms with Crippen LogP contribution in [0.25, 0.3) is 10.6 Å². The summed E-state index contributed by atoms with van der Waals surface area (Å²) >= 11 is 6.92. The zero-order valence-electron chi connectivity index (χ0n) is 10.0. The van der Waals surface area contributed by atoms with E-state index in [2.05, 4.69) is 15.3 Å². The predicted molar refractivity (Wildman–Crippen MR) is 74.3 cm³/mol. The van der Waals surface area contributed by atoms with Gasteiger partial charge in [-0.15, -0.1) is 22.9 Å². The van der Waals surface area contributed by atoms with Gasteiger partial charge in [0.1, 0.15) is 11.6 Å². The fourth-order valence-electron chi connectivity index (χ4n) is 1.36. The van der Waals surface area contributed by atoms with Gasteiger partial charge in [-0.25, -0.2) is 9.78 Å². The van der Waals surface area contributed by atoms with Crippen LogP contribution in [0.15, 0.2) is 29.9 Å². The molecule has 0 atom stereocenters. The molecule has 7 heteroatoms. The normalized spacial score (nSPS) is 10.2. The van der Waals surface area contributed by atoms with Crippen LogP contribution in [0.4, 0.5) is 4.79 Å². The van der Waals surface area contributed by atoms with Crippen molar-refractivity contribution >= 4 is 29.0 Å². The zero-order chi connectivity index (χ0) is 13.5. The molecule has 0 fully saturated rings. The van der Waals surface area contributed by atoms with E-state index in [-0.39, 0.29) is 12.5 Å². The van der Waals surface area contributed by atoms with Gasteiger partial charge in [0.05, 0.1) is 18.1 Å². The summed E-state index contributed by atoms with van der Waals surface area (Å²) in [4.78, 5) is 19.7. The van der Waals surface area contributed by atoms with Crippen molar-refractivity contribution in [2.45, 2.75) is 6.54 Å². The third kappa shape index (κ3) is 4.18. The van der Waals surface area contributed by atoms with E-state index in [9.17, 15) is 4.79 Å². The fraction of sp³-hybridized carbons (Fsp3) is 0.250. The number of amides is 1. The van der Waals surface area contributed by atoms with Crippen molar-refractivity contribution < 1.29 is 9.53 Å². The van der Waals surface area contributed by atoms with E-state index in [0.29, 0.717) is 6.54 Å². The first kappa shape index (κ1) is 13.8. The van der Waals surface area contributed by atoms with Crippen molar-refractivity contribution in [1.29, 1.82) is 0 Å². The first-order chi connectivity index (χ1) is 9.29. The van der Waals surface area contributed by atoms with E-state index in [1.54, 1.807) is 12.4 Å². The highest BCUT2D eigenvalue weighted by Gasteiger charge is 2.06. The zero-order valence-corrected chi connectivity index (χ0v) is 11.6. The Morgan fingerprint density at radius 3 is 3.16 bits per heavy atom. The Morgan fingerprint density at radius 2 is 2.42 bits per heavy atom. The molecule has 2 aromatic rings. The van der Waals surface area contributed by atoms with Gasteiger partial charge in [-0.1, -0.05) is 0 Å². The van der Waals surface area contributed by atoms with Gasteiger partial charge >= 0.3 is 6.09 Å². The van der Waals surface area contributed by atoms with Crippen LogP contribution in [0.1, 0.15) is 5.69 Å². The Labute approximate surface area is 119 Å². The lowest BCUT2D eigenvalue weighted by Crippen LogP contribution is -2.24. The van der Waals surface area contributed by atoms with Crippen LogP contribution < -0.4 is 5.32 Å². The number of alkyl halides is 1. The van der Waals surface area contributed by atoms with Gasteiger partial charge in [0.25, 0.3) is 0 Å². The number of nitrogens with zero attached hydrogens (tertiary/aromatic N) is 2. The van der Waals surface area contributed by atoms with Crippen LogP contribution in [-0.2, 0) is 11.3 Å². The van der Waals surface area contributed by atoms with E-state index in [4.69, 9.17) is 16.3 Å². The lowest BCUT2D eigenvalue weighted by atomic mass is 10.3. The fourth-order valence-corrected chi connectivity index (χ4v) is 2.24. The van der Waals surface area contributed by atoms with Crippen molar-refractivity contribution in [2.24, 2.45) is 0 Å². The smallest absolute Gasteiger partial charge is 0.407 e. The van der Waals surface area contributed by atoms with Crippen LogP contribution in [0.3, 0.4) is 0 Å². The summed E-state index contributed by atoms with van der Waals surface area (Å²) in [5, 5.41) is 5.37. The number of ether oxygens (including phenoxy) is 1. The highest BCUT2D eigenvalue weighted by atomic mass is 35.5. The minimum atomic E-state index is -0.489. The molecule has 0 spiro atoms. The lowest BCUT2D eigenvalue weighted by Gasteiger charge is -2.03. The molecular weight excluding hydrogens is 286 g/mol. The average molecular weight is 298 g/mol. The predicted octanol–water partition coefficient (Wildman–Crippen LogP) is 2.67. The molecular formula is C12H12ClN3O2S. The molecule has 1 N–H and O–H groups in total. The molecule has 2 aromatic heterocycles. The Hall–Kier alpha value is -1.66. The number of hydrogen-bond acceptors (Lipinski definition) is 5. The maximum absolute atomic E-state index is 11.2. The van der Waals surface area contributed by atoms with E-state index in [1.165, 1.54) is 11.3 Å². The SMILES string of the molecule is O=C(NCc1csc(-c2cccnc2)n1)OCCCl. The Balaban J connectivity index is 1.90. The number of rotatable bonds is 5. The number of aromatic nitrogens is 2. The summed E-state index contributed by atoms with van der Waals surface area (Å²) < 4.78 is 4.79. The summed E-state index contributed by atoms with van der Waals surface area (Å²) in [7, 11) is 0. The summed E-state index contributed by atoms with van der Waals surface area (Å²) in [6, 6.07) is 3.80. The molecule has 1 amide bonds. The van der Waals surface area contributed by atoms with E-state index >= 15 is 0 Å². The second-order valence-corrected chi connectivity index (χ2v) is 4.80. The van der Waals surface area contributed by atoms with Crippen molar-refractivity contribution in [2.75, 3.05) is 12.5 Å².